The molecular formula is C32H39F4N9O2S2. The molecule has 264 valence electrons. The largest absolute Gasteiger partial charge is 0.393 e. The van der Waals surface area contributed by atoms with Gasteiger partial charge >= 0.3 is 6.18 Å². The molecule has 2 N–H and O–H groups in total. The Morgan fingerprint density at radius 3 is 2.49 bits per heavy atom. The second-order valence-corrected chi connectivity index (χ2v) is 15.6. The Morgan fingerprint density at radius 1 is 1.08 bits per heavy atom. The first kappa shape index (κ1) is 35.4. The van der Waals surface area contributed by atoms with Gasteiger partial charge in [-0.05, 0) is 56.0 Å². The molecule has 2 saturated heterocycles. The second kappa shape index (κ2) is 14.4. The number of rotatable bonds is 11. The van der Waals surface area contributed by atoms with Gasteiger partial charge in [0.2, 0.25) is 0 Å². The third-order valence-electron chi connectivity index (χ3n) is 9.58. The van der Waals surface area contributed by atoms with Gasteiger partial charge < -0.3 is 9.88 Å². The molecule has 2 fully saturated rings. The molecule has 49 heavy (non-hydrogen) atoms. The van der Waals surface area contributed by atoms with Crippen molar-refractivity contribution in [1.29, 1.82) is 5.26 Å². The smallest absolute Gasteiger partial charge is 0.367 e. The predicted molar refractivity (Wildman–Crippen MR) is 181 cm³/mol. The van der Waals surface area contributed by atoms with Gasteiger partial charge in [-0.25, -0.2) is 14.4 Å². The molecule has 2 aliphatic rings. The highest BCUT2D eigenvalue weighted by Crippen LogP contribution is 2.33. The predicted octanol–water partition coefficient (Wildman–Crippen LogP) is 4.77. The van der Waals surface area contributed by atoms with Crippen molar-refractivity contribution >= 4 is 48.5 Å². The van der Waals surface area contributed by atoms with E-state index in [1.54, 1.807) is 6.07 Å². The van der Waals surface area contributed by atoms with E-state index in [1.807, 2.05) is 15.4 Å². The molecule has 1 atom stereocenters. The Kier molecular flexibility index (Phi) is 10.4. The van der Waals surface area contributed by atoms with Crippen LogP contribution < -0.4 is 10.0 Å². The minimum atomic E-state index is -4.28. The Hall–Kier alpha value is -3.40. The third-order valence-corrected chi connectivity index (χ3v) is 12.1. The normalized spacial score (nSPS) is 18.3. The molecule has 3 aromatic heterocycles. The number of nitriles is 1. The van der Waals surface area contributed by atoms with Gasteiger partial charge in [0.25, 0.3) is 10.2 Å². The van der Waals surface area contributed by atoms with E-state index in [9.17, 15) is 31.2 Å². The number of piperidine rings is 1. The number of likely N-dealkylation sites (tertiary alicyclic amines) is 1. The van der Waals surface area contributed by atoms with E-state index >= 15 is 0 Å². The maximum absolute atomic E-state index is 12.9. The molecule has 1 unspecified atom stereocenters. The number of nitrogens with zero attached hydrogens (tertiary/aromatic N) is 7. The quantitative estimate of drug-likeness (QED) is 0.168. The number of halogens is 4. The molecule has 4 aromatic rings. The number of hydrogen-bond donors (Lipinski definition) is 2. The fourth-order valence-electron chi connectivity index (χ4n) is 6.88. The molecule has 17 heteroatoms. The summed E-state index contributed by atoms with van der Waals surface area (Å²) in [5.74, 6) is 0.572. The number of aromatic nitrogens is 3. The molecule has 0 spiro atoms. The number of alkyl halides is 4. The van der Waals surface area contributed by atoms with Crippen LogP contribution in [0.3, 0.4) is 0 Å². The SMILES string of the molecule is Cc1c(CN2CCC(Nc3ncnc4sc(CC(F)(F)F)cc34)CC2)ccc2c1cc(C#N)n2CC(C)N1CCN(S(=O)(=O)NCF)CC1. The van der Waals surface area contributed by atoms with Crippen LogP contribution >= 0.6 is 11.3 Å². The zero-order valence-electron chi connectivity index (χ0n) is 27.3. The van der Waals surface area contributed by atoms with Crippen LogP contribution in [0.25, 0.3) is 21.1 Å². The molecule has 0 radical (unpaired) electrons. The fourth-order valence-corrected chi connectivity index (χ4v) is 8.87. The first-order valence-electron chi connectivity index (χ1n) is 16.2. The zero-order chi connectivity index (χ0) is 34.9. The van der Waals surface area contributed by atoms with Gasteiger partial charge in [0.1, 0.15) is 28.7 Å². The summed E-state index contributed by atoms with van der Waals surface area (Å²) in [5.41, 5.74) is 3.84. The number of aryl methyl sites for hydroxylation is 1. The van der Waals surface area contributed by atoms with Crippen molar-refractivity contribution in [3.63, 3.8) is 0 Å². The van der Waals surface area contributed by atoms with Crippen LogP contribution in [0.2, 0.25) is 0 Å². The van der Waals surface area contributed by atoms with E-state index in [2.05, 4.69) is 57.1 Å². The average Bonchev–Trinajstić information content (AvgIpc) is 3.63. The Bertz CT molecular complexity index is 1940. The van der Waals surface area contributed by atoms with Crippen LogP contribution in [0.5, 0.6) is 0 Å². The highest BCUT2D eigenvalue weighted by molar-refractivity contribution is 7.87. The lowest BCUT2D eigenvalue weighted by Crippen LogP contribution is -2.54. The molecule has 11 nitrogen and oxygen atoms in total. The topological polar surface area (TPSA) is 122 Å². The lowest BCUT2D eigenvalue weighted by atomic mass is 10.0. The van der Waals surface area contributed by atoms with E-state index in [4.69, 9.17) is 0 Å². The monoisotopic (exact) mass is 721 g/mol. The molecular weight excluding hydrogens is 683 g/mol. The summed E-state index contributed by atoms with van der Waals surface area (Å²) in [7, 11) is -3.83. The van der Waals surface area contributed by atoms with E-state index in [1.165, 1.54) is 16.2 Å². The molecule has 2 aliphatic heterocycles. The van der Waals surface area contributed by atoms with Gasteiger partial charge in [-0.3, -0.25) is 9.80 Å². The number of nitrogens with one attached hydrogen (secondary N) is 2. The summed E-state index contributed by atoms with van der Waals surface area (Å²) in [6, 6.07) is 10.2. The van der Waals surface area contributed by atoms with Gasteiger partial charge in [-0.15, -0.1) is 11.3 Å². The summed E-state index contributed by atoms with van der Waals surface area (Å²) >= 11 is 1.05. The highest BCUT2D eigenvalue weighted by atomic mass is 32.2. The number of hydrogen-bond acceptors (Lipinski definition) is 9. The van der Waals surface area contributed by atoms with Crippen molar-refractivity contribution in [1.82, 2.24) is 33.4 Å². The zero-order valence-corrected chi connectivity index (χ0v) is 28.9. The average molecular weight is 722 g/mol. The first-order valence-corrected chi connectivity index (χ1v) is 18.5. The number of benzene rings is 1. The number of piperazine rings is 1. The molecule has 1 aromatic carbocycles. The first-order chi connectivity index (χ1) is 23.3. The fraction of sp³-hybridized carbons (Fsp3) is 0.531. The van der Waals surface area contributed by atoms with Crippen LogP contribution in [0.4, 0.5) is 23.4 Å². The summed E-state index contributed by atoms with van der Waals surface area (Å²) in [6.07, 6.45) is -2.15. The third kappa shape index (κ3) is 8.00. The number of anilines is 1. The van der Waals surface area contributed by atoms with E-state index < -0.39 is 29.6 Å². The van der Waals surface area contributed by atoms with Crippen molar-refractivity contribution < 1.29 is 26.0 Å². The molecule has 6 rings (SSSR count). The van der Waals surface area contributed by atoms with E-state index in [0.717, 1.165) is 60.3 Å². The maximum atomic E-state index is 12.9. The Morgan fingerprint density at radius 2 is 1.82 bits per heavy atom. The van der Waals surface area contributed by atoms with Crippen LogP contribution in [-0.2, 0) is 29.7 Å². The van der Waals surface area contributed by atoms with Crippen LogP contribution in [-0.4, -0.2) is 101 Å². The summed E-state index contributed by atoms with van der Waals surface area (Å²) in [6.45, 7) is 7.54. The van der Waals surface area contributed by atoms with Crippen LogP contribution in [0.15, 0.2) is 30.6 Å². The molecule has 0 amide bonds. The lowest BCUT2D eigenvalue weighted by Gasteiger charge is -2.37. The van der Waals surface area contributed by atoms with Crippen molar-refractivity contribution in [3.8, 4) is 6.07 Å². The van der Waals surface area contributed by atoms with Gasteiger partial charge in [-0.1, -0.05) is 6.07 Å². The second-order valence-electron chi connectivity index (χ2n) is 12.7. The van der Waals surface area contributed by atoms with Gasteiger partial charge in [0, 0.05) is 80.2 Å². The van der Waals surface area contributed by atoms with Gasteiger partial charge in [-0.2, -0.15) is 35.9 Å². The number of fused-ring (bicyclic) bond motifs is 2. The maximum Gasteiger partial charge on any atom is 0.393 e. The lowest BCUT2D eigenvalue weighted by molar-refractivity contribution is -0.126. The highest BCUT2D eigenvalue weighted by Gasteiger charge is 2.31. The summed E-state index contributed by atoms with van der Waals surface area (Å²) in [5, 5.41) is 15.1. The van der Waals surface area contributed by atoms with Gasteiger partial charge in [0.15, 0.2) is 6.80 Å². The van der Waals surface area contributed by atoms with Crippen molar-refractivity contribution in [2.24, 2.45) is 0 Å². The number of thiophene rings is 1. The van der Waals surface area contributed by atoms with Crippen LogP contribution in [0.1, 0.15) is 41.5 Å². The van der Waals surface area contributed by atoms with E-state index in [-0.39, 0.29) is 30.1 Å². The minimum absolute atomic E-state index is 0.0386. The summed E-state index contributed by atoms with van der Waals surface area (Å²) < 4.78 is 81.0. The molecule has 0 bridgehead atoms. The molecule has 0 aliphatic carbocycles. The van der Waals surface area contributed by atoms with Crippen molar-refractivity contribution in [2.45, 2.75) is 64.5 Å². The van der Waals surface area contributed by atoms with Gasteiger partial charge in [0.05, 0.1) is 11.8 Å². The Labute approximate surface area is 286 Å². The standard InChI is InChI=1S/C32H39F4N9O2S2/c1-21(43-9-11-44(12-10-43)49(46,47)40-19-33)17-45-25(16-37)13-27-22(2)23(3-4-29(27)45)18-42-7-5-24(6-8-42)41-30-28-14-26(15-32(34,35)36)48-31(28)39-20-38-30/h3-4,13-14,20-21,24,40H,5-12,15,17-19H2,1-2H3,(H,38,39,41). The van der Waals surface area contributed by atoms with Crippen molar-refractivity contribution in [2.75, 3.05) is 51.4 Å². The van der Waals surface area contributed by atoms with Crippen molar-refractivity contribution in [3.05, 3.63) is 52.3 Å². The molecule has 5 heterocycles. The minimum Gasteiger partial charge on any atom is -0.367 e. The molecule has 0 saturated carbocycles. The van der Waals surface area contributed by atoms with Crippen LogP contribution in [0, 0.1) is 18.3 Å². The van der Waals surface area contributed by atoms with E-state index in [0.29, 0.717) is 41.4 Å². The Balaban J connectivity index is 1.07. The summed E-state index contributed by atoms with van der Waals surface area (Å²) in [4.78, 5) is 13.9.